The lowest BCUT2D eigenvalue weighted by molar-refractivity contribution is -0.150. The van der Waals surface area contributed by atoms with Gasteiger partial charge in [0.15, 0.2) is 0 Å². The van der Waals surface area contributed by atoms with Crippen molar-refractivity contribution in [2.45, 2.75) is 11.2 Å². The summed E-state index contributed by atoms with van der Waals surface area (Å²) < 4.78 is 5.55. The SMILES string of the molecule is O=C1C=C(Sc2ccc(Br)cc2)C(O)O1. The van der Waals surface area contributed by atoms with Gasteiger partial charge in [-0.2, -0.15) is 0 Å². The van der Waals surface area contributed by atoms with E-state index in [9.17, 15) is 9.90 Å². The fourth-order valence-corrected chi connectivity index (χ4v) is 2.22. The van der Waals surface area contributed by atoms with Crippen LogP contribution in [-0.4, -0.2) is 17.4 Å². The first-order valence-electron chi connectivity index (χ1n) is 4.19. The van der Waals surface area contributed by atoms with Gasteiger partial charge in [0.2, 0.25) is 6.29 Å². The minimum atomic E-state index is -1.12. The summed E-state index contributed by atoms with van der Waals surface area (Å²) in [6.45, 7) is 0. The summed E-state index contributed by atoms with van der Waals surface area (Å²) in [6, 6.07) is 7.58. The number of thioether (sulfide) groups is 1. The number of esters is 1. The Balaban J connectivity index is 2.12. The summed E-state index contributed by atoms with van der Waals surface area (Å²) >= 11 is 4.64. The fourth-order valence-electron chi connectivity index (χ4n) is 1.11. The van der Waals surface area contributed by atoms with E-state index in [1.54, 1.807) is 0 Å². The van der Waals surface area contributed by atoms with Crippen molar-refractivity contribution in [3.05, 3.63) is 39.7 Å². The molecule has 0 aromatic heterocycles. The van der Waals surface area contributed by atoms with E-state index in [1.165, 1.54) is 17.8 Å². The second-order valence-electron chi connectivity index (χ2n) is 2.89. The number of aliphatic hydroxyl groups excluding tert-OH is 1. The highest BCUT2D eigenvalue weighted by atomic mass is 79.9. The van der Waals surface area contributed by atoms with E-state index in [-0.39, 0.29) is 0 Å². The molecule has 1 aromatic rings. The van der Waals surface area contributed by atoms with E-state index in [4.69, 9.17) is 0 Å². The molecule has 1 aliphatic rings. The monoisotopic (exact) mass is 286 g/mol. The number of hydrogen-bond donors (Lipinski definition) is 1. The zero-order valence-electron chi connectivity index (χ0n) is 7.51. The molecule has 3 nitrogen and oxygen atoms in total. The molecule has 0 aliphatic carbocycles. The average Bonchev–Trinajstić information content (AvgIpc) is 2.49. The second kappa shape index (κ2) is 4.38. The lowest BCUT2D eigenvalue weighted by Gasteiger charge is -2.06. The second-order valence-corrected chi connectivity index (χ2v) is 4.95. The van der Waals surface area contributed by atoms with Crippen molar-refractivity contribution >= 4 is 33.7 Å². The number of carbonyl (C=O) groups excluding carboxylic acids is 1. The van der Waals surface area contributed by atoms with Crippen LogP contribution in [0.2, 0.25) is 0 Å². The van der Waals surface area contributed by atoms with Crippen molar-refractivity contribution < 1.29 is 14.6 Å². The van der Waals surface area contributed by atoms with Gasteiger partial charge in [0.05, 0.1) is 4.91 Å². The van der Waals surface area contributed by atoms with Crippen LogP contribution < -0.4 is 0 Å². The van der Waals surface area contributed by atoms with Crippen LogP contribution in [0.25, 0.3) is 0 Å². The van der Waals surface area contributed by atoms with Gasteiger partial charge in [-0.15, -0.1) is 0 Å². The highest BCUT2D eigenvalue weighted by molar-refractivity contribution is 9.10. The third-order valence-corrected chi connectivity index (χ3v) is 3.37. The zero-order chi connectivity index (χ0) is 10.8. The first-order valence-corrected chi connectivity index (χ1v) is 5.80. The molecular formula is C10H7BrO3S. The van der Waals surface area contributed by atoms with E-state index in [2.05, 4.69) is 20.7 Å². The normalized spacial score (nSPS) is 20.0. The average molecular weight is 287 g/mol. The maximum atomic E-state index is 10.8. The Bertz CT molecular complexity index is 413. The largest absolute Gasteiger partial charge is 0.428 e. The summed E-state index contributed by atoms with van der Waals surface area (Å²) in [5.74, 6) is -0.498. The molecule has 2 rings (SSSR count). The maximum absolute atomic E-state index is 10.8. The van der Waals surface area contributed by atoms with Crippen molar-refractivity contribution in [2.75, 3.05) is 0 Å². The molecule has 1 N–H and O–H groups in total. The molecule has 15 heavy (non-hydrogen) atoms. The molecule has 5 heteroatoms. The number of hydrogen-bond acceptors (Lipinski definition) is 4. The number of rotatable bonds is 2. The molecule has 1 aliphatic heterocycles. The summed E-state index contributed by atoms with van der Waals surface area (Å²) in [5.41, 5.74) is 0. The van der Waals surface area contributed by atoms with Crippen LogP contribution in [0.3, 0.4) is 0 Å². The Morgan fingerprint density at radius 2 is 2.00 bits per heavy atom. The fraction of sp³-hybridized carbons (Fsp3) is 0.100. The molecule has 1 aromatic carbocycles. The molecule has 0 saturated heterocycles. The number of aliphatic hydroxyl groups is 1. The van der Waals surface area contributed by atoms with Crippen LogP contribution in [0.1, 0.15) is 0 Å². The minimum Gasteiger partial charge on any atom is -0.428 e. The van der Waals surface area contributed by atoms with Crippen LogP contribution in [0, 0.1) is 0 Å². The van der Waals surface area contributed by atoms with Crippen LogP contribution in [0.4, 0.5) is 0 Å². The third-order valence-electron chi connectivity index (χ3n) is 1.78. The summed E-state index contributed by atoms with van der Waals surface area (Å²) in [6.07, 6.45) is 0.184. The lowest BCUT2D eigenvalue weighted by atomic mass is 10.4. The van der Waals surface area contributed by atoms with Crippen molar-refractivity contribution in [2.24, 2.45) is 0 Å². The van der Waals surface area contributed by atoms with Crippen LogP contribution in [-0.2, 0) is 9.53 Å². The van der Waals surface area contributed by atoms with Crippen molar-refractivity contribution in [3.8, 4) is 0 Å². The number of cyclic esters (lactones) is 1. The Hall–Kier alpha value is -0.780. The van der Waals surface area contributed by atoms with Crippen molar-refractivity contribution in [3.63, 3.8) is 0 Å². The number of ether oxygens (including phenoxy) is 1. The number of carbonyl (C=O) groups is 1. The first-order chi connectivity index (χ1) is 7.15. The Morgan fingerprint density at radius 3 is 2.53 bits per heavy atom. The van der Waals surface area contributed by atoms with E-state index in [0.717, 1.165) is 9.37 Å². The van der Waals surface area contributed by atoms with Gasteiger partial charge in [0, 0.05) is 15.4 Å². The molecule has 0 fully saturated rings. The van der Waals surface area contributed by atoms with Crippen LogP contribution in [0.5, 0.6) is 0 Å². The quantitative estimate of drug-likeness (QED) is 0.848. The smallest absolute Gasteiger partial charge is 0.334 e. The molecule has 0 bridgehead atoms. The molecule has 1 unspecified atom stereocenters. The van der Waals surface area contributed by atoms with Crippen LogP contribution in [0.15, 0.2) is 44.6 Å². The van der Waals surface area contributed by atoms with Gasteiger partial charge in [0.1, 0.15) is 0 Å². The predicted octanol–water partition coefficient (Wildman–Crippen LogP) is 2.30. The van der Waals surface area contributed by atoms with Gasteiger partial charge < -0.3 is 9.84 Å². The molecule has 0 amide bonds. The summed E-state index contributed by atoms with van der Waals surface area (Å²) in [4.78, 5) is 12.3. The molecular weight excluding hydrogens is 280 g/mol. The third kappa shape index (κ3) is 2.62. The van der Waals surface area contributed by atoms with Gasteiger partial charge in [-0.25, -0.2) is 4.79 Å². The molecule has 1 atom stereocenters. The first kappa shape index (κ1) is 10.7. The summed E-state index contributed by atoms with van der Waals surface area (Å²) in [7, 11) is 0. The molecule has 1 heterocycles. The zero-order valence-corrected chi connectivity index (χ0v) is 9.92. The van der Waals surface area contributed by atoms with Gasteiger partial charge in [-0.3, -0.25) is 0 Å². The van der Waals surface area contributed by atoms with Crippen molar-refractivity contribution in [1.82, 2.24) is 0 Å². The molecule has 0 saturated carbocycles. The standard InChI is InChI=1S/C10H7BrO3S/c11-6-1-3-7(4-2-6)15-8-5-9(12)14-10(8)13/h1-5,10,13H. The highest BCUT2D eigenvalue weighted by Crippen LogP contribution is 2.32. The van der Waals surface area contributed by atoms with E-state index >= 15 is 0 Å². The maximum Gasteiger partial charge on any atom is 0.334 e. The Morgan fingerprint density at radius 1 is 1.33 bits per heavy atom. The predicted molar refractivity (Wildman–Crippen MR) is 60.2 cm³/mol. The number of benzene rings is 1. The summed E-state index contributed by atoms with van der Waals surface area (Å²) in [5, 5.41) is 9.33. The Kier molecular flexibility index (Phi) is 3.14. The molecule has 0 spiro atoms. The van der Waals surface area contributed by atoms with Crippen LogP contribution >= 0.6 is 27.7 Å². The lowest BCUT2D eigenvalue weighted by Crippen LogP contribution is -2.08. The molecule has 78 valence electrons. The number of halogens is 1. The van der Waals surface area contributed by atoms with Crippen molar-refractivity contribution in [1.29, 1.82) is 0 Å². The van der Waals surface area contributed by atoms with Gasteiger partial charge in [0.25, 0.3) is 0 Å². The molecule has 0 radical (unpaired) electrons. The van der Waals surface area contributed by atoms with Gasteiger partial charge >= 0.3 is 5.97 Å². The van der Waals surface area contributed by atoms with Gasteiger partial charge in [-0.1, -0.05) is 27.7 Å². The van der Waals surface area contributed by atoms with E-state index in [1.807, 2.05) is 24.3 Å². The topological polar surface area (TPSA) is 46.5 Å². The highest BCUT2D eigenvalue weighted by Gasteiger charge is 2.24. The van der Waals surface area contributed by atoms with E-state index < -0.39 is 12.3 Å². The minimum absolute atomic E-state index is 0.498. The van der Waals surface area contributed by atoms with E-state index in [0.29, 0.717) is 4.91 Å². The van der Waals surface area contributed by atoms with Gasteiger partial charge in [-0.05, 0) is 24.3 Å². The Labute approximate surface area is 99.3 Å².